The fourth-order valence-corrected chi connectivity index (χ4v) is 3.30. The van der Waals surface area contributed by atoms with Gasteiger partial charge in [0.25, 0.3) is 5.91 Å². The van der Waals surface area contributed by atoms with Gasteiger partial charge in [-0.1, -0.05) is 29.8 Å². The summed E-state index contributed by atoms with van der Waals surface area (Å²) in [5.74, 6) is 1.60. The standard InChI is InChI=1S/C25H24N4O3/c1-16-8-11-18(12-9-16)27-23-20-6-4-5-7-21(20)28-24(29-23)25(30)26-15-17-10-13-19(31-2)14-22(17)32-3/h4-14H,15H2,1-3H3,(H,26,30)(H,27,28,29). The molecule has 0 saturated carbocycles. The van der Waals surface area contributed by atoms with Crippen LogP contribution >= 0.6 is 0 Å². The van der Waals surface area contributed by atoms with Gasteiger partial charge in [-0.05, 0) is 43.3 Å². The molecule has 0 aliphatic heterocycles. The number of nitrogens with one attached hydrogen (secondary N) is 2. The number of aryl methyl sites for hydroxylation is 1. The van der Waals surface area contributed by atoms with Crippen molar-refractivity contribution in [2.75, 3.05) is 19.5 Å². The Labute approximate surface area is 186 Å². The number of methoxy groups -OCH3 is 2. The van der Waals surface area contributed by atoms with Crippen LogP contribution in [0.1, 0.15) is 21.7 Å². The van der Waals surface area contributed by atoms with Gasteiger partial charge in [-0.2, -0.15) is 0 Å². The van der Waals surface area contributed by atoms with Crippen LogP contribution in [0.25, 0.3) is 10.9 Å². The number of benzene rings is 3. The lowest BCUT2D eigenvalue weighted by molar-refractivity contribution is 0.0940. The molecule has 1 heterocycles. The topological polar surface area (TPSA) is 85.4 Å². The van der Waals surface area contributed by atoms with Crippen LogP contribution in [0.5, 0.6) is 11.5 Å². The molecule has 4 aromatic rings. The van der Waals surface area contributed by atoms with Crippen molar-refractivity contribution >= 4 is 28.3 Å². The van der Waals surface area contributed by atoms with Crippen LogP contribution in [0.2, 0.25) is 0 Å². The van der Waals surface area contributed by atoms with Crippen molar-refractivity contribution in [1.82, 2.24) is 15.3 Å². The van der Waals surface area contributed by atoms with Crippen LogP contribution in [0.3, 0.4) is 0 Å². The van der Waals surface area contributed by atoms with Crippen LogP contribution < -0.4 is 20.1 Å². The van der Waals surface area contributed by atoms with Gasteiger partial charge in [-0.15, -0.1) is 0 Å². The van der Waals surface area contributed by atoms with Gasteiger partial charge < -0.3 is 20.1 Å². The molecule has 7 nitrogen and oxygen atoms in total. The molecule has 0 aliphatic carbocycles. The summed E-state index contributed by atoms with van der Waals surface area (Å²) in [5, 5.41) is 7.02. The minimum absolute atomic E-state index is 0.0887. The number of hydrogen-bond acceptors (Lipinski definition) is 6. The molecule has 32 heavy (non-hydrogen) atoms. The zero-order chi connectivity index (χ0) is 22.5. The smallest absolute Gasteiger partial charge is 0.289 e. The highest BCUT2D eigenvalue weighted by Crippen LogP contribution is 2.26. The Bertz CT molecular complexity index is 1260. The molecule has 0 spiro atoms. The van der Waals surface area contributed by atoms with Gasteiger partial charge in [0, 0.05) is 29.2 Å². The lowest BCUT2D eigenvalue weighted by Crippen LogP contribution is -2.25. The molecule has 3 aromatic carbocycles. The predicted molar refractivity (Wildman–Crippen MR) is 125 cm³/mol. The molecule has 162 valence electrons. The van der Waals surface area contributed by atoms with E-state index in [1.165, 1.54) is 0 Å². The number of para-hydroxylation sites is 1. The average Bonchev–Trinajstić information content (AvgIpc) is 2.83. The molecule has 0 radical (unpaired) electrons. The van der Waals surface area contributed by atoms with Crippen molar-refractivity contribution < 1.29 is 14.3 Å². The molecular weight excluding hydrogens is 404 g/mol. The van der Waals surface area contributed by atoms with Crippen molar-refractivity contribution in [1.29, 1.82) is 0 Å². The summed E-state index contributed by atoms with van der Waals surface area (Å²) in [6.45, 7) is 2.30. The van der Waals surface area contributed by atoms with E-state index < -0.39 is 0 Å². The maximum absolute atomic E-state index is 12.9. The quantitative estimate of drug-likeness (QED) is 0.446. The van der Waals surface area contributed by atoms with E-state index in [9.17, 15) is 4.79 Å². The SMILES string of the molecule is COc1ccc(CNC(=O)c2nc(Nc3ccc(C)cc3)c3ccccc3n2)c(OC)c1. The number of anilines is 2. The first-order chi connectivity index (χ1) is 15.6. The minimum Gasteiger partial charge on any atom is -0.497 e. The van der Waals surface area contributed by atoms with E-state index in [0.717, 1.165) is 22.2 Å². The Morgan fingerprint density at radius 2 is 1.72 bits per heavy atom. The summed E-state index contributed by atoms with van der Waals surface area (Å²) >= 11 is 0. The maximum atomic E-state index is 12.9. The minimum atomic E-state index is -0.374. The highest BCUT2D eigenvalue weighted by molar-refractivity contribution is 5.97. The lowest BCUT2D eigenvalue weighted by atomic mass is 10.2. The Morgan fingerprint density at radius 1 is 0.938 bits per heavy atom. The number of nitrogens with zero attached hydrogens (tertiary/aromatic N) is 2. The number of hydrogen-bond donors (Lipinski definition) is 2. The number of carbonyl (C=O) groups excluding carboxylic acids is 1. The Hall–Kier alpha value is -4.13. The van der Waals surface area contributed by atoms with E-state index in [-0.39, 0.29) is 18.3 Å². The lowest BCUT2D eigenvalue weighted by Gasteiger charge is -2.13. The fraction of sp³-hybridized carbons (Fsp3) is 0.160. The van der Waals surface area contributed by atoms with Crippen LogP contribution in [0, 0.1) is 6.92 Å². The molecular formula is C25H24N4O3. The van der Waals surface area contributed by atoms with Crippen molar-refractivity contribution in [3.8, 4) is 11.5 Å². The van der Waals surface area contributed by atoms with Crippen LogP contribution in [0.15, 0.2) is 66.7 Å². The number of fused-ring (bicyclic) bond motifs is 1. The number of aromatic nitrogens is 2. The Morgan fingerprint density at radius 3 is 2.47 bits per heavy atom. The Kier molecular flexibility index (Phi) is 6.17. The third kappa shape index (κ3) is 4.62. The van der Waals surface area contributed by atoms with Crippen molar-refractivity contribution in [3.05, 3.63) is 83.7 Å². The van der Waals surface area contributed by atoms with E-state index in [2.05, 4.69) is 20.6 Å². The van der Waals surface area contributed by atoms with Gasteiger partial charge in [-0.3, -0.25) is 4.79 Å². The number of carbonyl (C=O) groups is 1. The molecule has 7 heteroatoms. The maximum Gasteiger partial charge on any atom is 0.289 e. The van der Waals surface area contributed by atoms with Gasteiger partial charge in [0.2, 0.25) is 5.82 Å². The molecule has 4 rings (SSSR count). The summed E-state index contributed by atoms with van der Waals surface area (Å²) in [7, 11) is 3.17. The second-order valence-corrected chi connectivity index (χ2v) is 7.26. The monoisotopic (exact) mass is 428 g/mol. The first-order valence-electron chi connectivity index (χ1n) is 10.2. The number of ether oxygens (including phenoxy) is 2. The second-order valence-electron chi connectivity index (χ2n) is 7.26. The van der Waals surface area contributed by atoms with Crippen molar-refractivity contribution in [2.24, 2.45) is 0 Å². The normalized spacial score (nSPS) is 10.6. The zero-order valence-electron chi connectivity index (χ0n) is 18.2. The summed E-state index contributed by atoms with van der Waals surface area (Å²) < 4.78 is 10.6. The van der Waals surface area contributed by atoms with Crippen molar-refractivity contribution in [2.45, 2.75) is 13.5 Å². The summed E-state index contributed by atoms with van der Waals surface area (Å²) in [6, 6.07) is 21.0. The van der Waals surface area contributed by atoms with Gasteiger partial charge in [0.15, 0.2) is 0 Å². The number of rotatable bonds is 7. The summed E-state index contributed by atoms with van der Waals surface area (Å²) in [6.07, 6.45) is 0. The Balaban J connectivity index is 1.60. The van der Waals surface area contributed by atoms with E-state index in [1.54, 1.807) is 20.3 Å². The van der Waals surface area contributed by atoms with Crippen LogP contribution in [0.4, 0.5) is 11.5 Å². The van der Waals surface area contributed by atoms with Crippen molar-refractivity contribution in [3.63, 3.8) is 0 Å². The number of amides is 1. The first-order valence-corrected chi connectivity index (χ1v) is 10.2. The van der Waals surface area contributed by atoms with E-state index >= 15 is 0 Å². The summed E-state index contributed by atoms with van der Waals surface area (Å²) in [5.41, 5.74) is 3.55. The van der Waals surface area contributed by atoms with Gasteiger partial charge in [-0.25, -0.2) is 9.97 Å². The van der Waals surface area contributed by atoms with Gasteiger partial charge >= 0.3 is 0 Å². The average molecular weight is 428 g/mol. The fourth-order valence-electron chi connectivity index (χ4n) is 3.30. The molecule has 0 saturated heterocycles. The van der Waals surface area contributed by atoms with E-state index in [4.69, 9.17) is 9.47 Å². The van der Waals surface area contributed by atoms with Gasteiger partial charge in [0.05, 0.1) is 19.7 Å². The third-order valence-electron chi connectivity index (χ3n) is 5.05. The molecule has 0 aliphatic rings. The van der Waals surface area contributed by atoms with Crippen LogP contribution in [-0.4, -0.2) is 30.1 Å². The first kappa shape index (κ1) is 21.1. The molecule has 1 aromatic heterocycles. The molecule has 0 atom stereocenters. The molecule has 1 amide bonds. The second kappa shape index (κ2) is 9.34. The molecule has 0 bridgehead atoms. The molecule has 0 fully saturated rings. The summed E-state index contributed by atoms with van der Waals surface area (Å²) in [4.78, 5) is 21.9. The molecule has 0 unspecified atom stereocenters. The predicted octanol–water partition coefficient (Wildman–Crippen LogP) is 4.63. The zero-order valence-corrected chi connectivity index (χ0v) is 18.2. The van der Waals surface area contributed by atoms with Crippen LogP contribution in [-0.2, 0) is 6.54 Å². The highest BCUT2D eigenvalue weighted by Gasteiger charge is 2.15. The van der Waals surface area contributed by atoms with Gasteiger partial charge in [0.1, 0.15) is 17.3 Å². The molecule has 2 N–H and O–H groups in total. The largest absolute Gasteiger partial charge is 0.497 e. The van der Waals surface area contributed by atoms with E-state index in [1.807, 2.05) is 67.6 Å². The third-order valence-corrected chi connectivity index (χ3v) is 5.05. The van der Waals surface area contributed by atoms with E-state index in [0.29, 0.717) is 22.8 Å². The highest BCUT2D eigenvalue weighted by atomic mass is 16.5.